The van der Waals surface area contributed by atoms with Crippen LogP contribution in [0.1, 0.15) is 32.1 Å². The lowest BCUT2D eigenvalue weighted by Gasteiger charge is -2.21. The first kappa shape index (κ1) is 13.5. The zero-order chi connectivity index (χ0) is 13.0. The van der Waals surface area contributed by atoms with Crippen molar-refractivity contribution in [3.05, 3.63) is 0 Å². The van der Waals surface area contributed by atoms with Gasteiger partial charge in [-0.25, -0.2) is 9.59 Å². The van der Waals surface area contributed by atoms with E-state index in [-0.39, 0.29) is 6.03 Å². The molecule has 1 atom stereocenters. The summed E-state index contributed by atoms with van der Waals surface area (Å²) in [6.07, 6.45) is 6.18. The minimum absolute atomic E-state index is 0.231. The summed E-state index contributed by atoms with van der Waals surface area (Å²) in [5, 5.41) is 11.8. The number of urea groups is 1. The van der Waals surface area contributed by atoms with Crippen LogP contribution in [0.15, 0.2) is 0 Å². The van der Waals surface area contributed by atoms with Crippen molar-refractivity contribution in [3.8, 4) is 0 Å². The molecule has 1 saturated carbocycles. The Kier molecular flexibility index (Phi) is 4.74. The van der Waals surface area contributed by atoms with Crippen LogP contribution in [0.5, 0.6) is 0 Å². The van der Waals surface area contributed by atoms with Crippen LogP contribution in [0.4, 0.5) is 4.79 Å². The van der Waals surface area contributed by atoms with Gasteiger partial charge in [-0.3, -0.25) is 0 Å². The van der Waals surface area contributed by atoms with Crippen LogP contribution in [-0.2, 0) is 4.79 Å². The van der Waals surface area contributed by atoms with Crippen LogP contribution in [-0.4, -0.2) is 46.2 Å². The number of thioether (sulfide) groups is 1. The molecule has 1 aliphatic heterocycles. The fraction of sp³-hybridized carbons (Fsp3) is 0.833. The molecule has 0 radical (unpaired) electrons. The van der Waals surface area contributed by atoms with Gasteiger partial charge in [0.15, 0.2) is 0 Å². The minimum Gasteiger partial charge on any atom is -0.480 e. The van der Waals surface area contributed by atoms with E-state index in [0.717, 1.165) is 12.3 Å². The Bertz CT molecular complexity index is 318. The summed E-state index contributed by atoms with van der Waals surface area (Å²) in [5.41, 5.74) is 0. The first-order valence-corrected chi connectivity index (χ1v) is 7.69. The average Bonchev–Trinajstić information content (AvgIpc) is 2.99. The Morgan fingerprint density at radius 2 is 2.06 bits per heavy atom. The summed E-state index contributed by atoms with van der Waals surface area (Å²) in [7, 11) is 0. The maximum absolute atomic E-state index is 11.9. The molecule has 102 valence electrons. The molecule has 2 rings (SSSR count). The molecule has 18 heavy (non-hydrogen) atoms. The number of hydrogen-bond donors (Lipinski definition) is 2. The second kappa shape index (κ2) is 6.31. The van der Waals surface area contributed by atoms with Gasteiger partial charge in [0.05, 0.1) is 5.88 Å². The van der Waals surface area contributed by atoms with Gasteiger partial charge in [0.1, 0.15) is 6.04 Å². The van der Waals surface area contributed by atoms with Gasteiger partial charge >= 0.3 is 12.0 Å². The number of nitrogens with zero attached hydrogens (tertiary/aromatic N) is 1. The fourth-order valence-electron chi connectivity index (χ4n) is 2.63. The number of carboxylic acids is 1. The summed E-state index contributed by atoms with van der Waals surface area (Å²) in [6, 6.07) is -0.896. The number of hydrogen-bond acceptors (Lipinski definition) is 3. The van der Waals surface area contributed by atoms with Crippen molar-refractivity contribution < 1.29 is 14.7 Å². The molecule has 0 aromatic carbocycles. The van der Waals surface area contributed by atoms with E-state index in [4.69, 9.17) is 5.11 Å². The van der Waals surface area contributed by atoms with E-state index in [1.54, 1.807) is 0 Å². The van der Waals surface area contributed by atoms with Crippen LogP contribution in [0.25, 0.3) is 0 Å². The van der Waals surface area contributed by atoms with E-state index < -0.39 is 12.0 Å². The largest absolute Gasteiger partial charge is 0.480 e. The van der Waals surface area contributed by atoms with Gasteiger partial charge in [-0.1, -0.05) is 25.7 Å². The summed E-state index contributed by atoms with van der Waals surface area (Å²) >= 11 is 1.49. The standard InChI is InChI=1S/C12H20N2O3S/c15-11(16)10-7-18-8-14(10)12(17)13-6-5-9-3-1-2-4-9/h9-10H,1-8H2,(H,13,17)(H,15,16). The lowest BCUT2D eigenvalue weighted by molar-refractivity contribution is -0.140. The highest BCUT2D eigenvalue weighted by Gasteiger charge is 2.34. The first-order valence-electron chi connectivity index (χ1n) is 6.53. The van der Waals surface area contributed by atoms with Crippen molar-refractivity contribution in [1.82, 2.24) is 10.2 Å². The number of aliphatic carboxylic acids is 1. The Balaban J connectivity index is 1.71. The highest BCUT2D eigenvalue weighted by molar-refractivity contribution is 7.99. The van der Waals surface area contributed by atoms with Crippen LogP contribution in [0, 0.1) is 5.92 Å². The Labute approximate surface area is 111 Å². The topological polar surface area (TPSA) is 69.6 Å². The number of rotatable bonds is 4. The molecule has 0 spiro atoms. The summed E-state index contributed by atoms with van der Waals surface area (Å²) in [4.78, 5) is 24.3. The Morgan fingerprint density at radius 1 is 1.33 bits per heavy atom. The maximum atomic E-state index is 11.9. The summed E-state index contributed by atoms with van der Waals surface area (Å²) < 4.78 is 0. The molecule has 1 aliphatic carbocycles. The van der Waals surface area contributed by atoms with E-state index in [0.29, 0.717) is 18.2 Å². The number of carboxylic acid groups (broad SMARTS) is 1. The zero-order valence-corrected chi connectivity index (χ0v) is 11.2. The van der Waals surface area contributed by atoms with Gasteiger partial charge < -0.3 is 15.3 Å². The van der Waals surface area contributed by atoms with Crippen LogP contribution in [0.2, 0.25) is 0 Å². The molecule has 6 heteroatoms. The molecule has 5 nitrogen and oxygen atoms in total. The van der Waals surface area contributed by atoms with E-state index in [1.165, 1.54) is 42.3 Å². The quantitative estimate of drug-likeness (QED) is 0.818. The molecule has 2 aliphatic rings. The molecular weight excluding hydrogens is 252 g/mol. The van der Waals surface area contributed by atoms with Crippen molar-refractivity contribution in [3.63, 3.8) is 0 Å². The summed E-state index contributed by atoms with van der Waals surface area (Å²) in [5.74, 6) is 0.803. The van der Waals surface area contributed by atoms with E-state index in [9.17, 15) is 9.59 Å². The number of carbonyl (C=O) groups is 2. The Morgan fingerprint density at radius 3 is 2.72 bits per heavy atom. The average molecular weight is 272 g/mol. The second-order valence-corrected chi connectivity index (χ2v) is 5.99. The number of nitrogens with one attached hydrogen (secondary N) is 1. The molecular formula is C12H20N2O3S. The van der Waals surface area contributed by atoms with Gasteiger partial charge in [0, 0.05) is 12.3 Å². The van der Waals surface area contributed by atoms with E-state index >= 15 is 0 Å². The van der Waals surface area contributed by atoms with E-state index in [2.05, 4.69) is 5.32 Å². The smallest absolute Gasteiger partial charge is 0.327 e. The first-order chi connectivity index (χ1) is 8.68. The van der Waals surface area contributed by atoms with Crippen molar-refractivity contribution in [2.45, 2.75) is 38.1 Å². The molecule has 2 fully saturated rings. The molecule has 2 N–H and O–H groups in total. The predicted octanol–water partition coefficient (Wildman–Crippen LogP) is 1.74. The number of carbonyl (C=O) groups excluding carboxylic acids is 1. The monoisotopic (exact) mass is 272 g/mol. The Hall–Kier alpha value is -0.910. The van der Waals surface area contributed by atoms with Crippen molar-refractivity contribution in [1.29, 1.82) is 0 Å². The van der Waals surface area contributed by atoms with Gasteiger partial charge in [0.25, 0.3) is 0 Å². The molecule has 2 amide bonds. The lowest BCUT2D eigenvalue weighted by Crippen LogP contribution is -2.47. The second-order valence-electron chi connectivity index (χ2n) is 4.99. The SMILES string of the molecule is O=C(O)C1CSCN1C(=O)NCCC1CCCC1. The van der Waals surface area contributed by atoms with Crippen molar-refractivity contribution in [2.24, 2.45) is 5.92 Å². The van der Waals surface area contributed by atoms with Gasteiger partial charge in [-0.15, -0.1) is 11.8 Å². The lowest BCUT2D eigenvalue weighted by atomic mass is 10.0. The fourth-order valence-corrected chi connectivity index (χ4v) is 3.78. The molecule has 0 bridgehead atoms. The molecule has 1 unspecified atom stereocenters. The molecule has 0 aromatic heterocycles. The highest BCUT2D eigenvalue weighted by atomic mass is 32.2. The molecule has 1 heterocycles. The van der Waals surface area contributed by atoms with Gasteiger partial charge in [-0.05, 0) is 12.3 Å². The van der Waals surface area contributed by atoms with Crippen LogP contribution < -0.4 is 5.32 Å². The third-order valence-corrected chi connectivity index (χ3v) is 4.74. The van der Waals surface area contributed by atoms with Crippen molar-refractivity contribution >= 4 is 23.8 Å². The highest BCUT2D eigenvalue weighted by Crippen LogP contribution is 2.27. The van der Waals surface area contributed by atoms with E-state index in [1.807, 2.05) is 0 Å². The normalized spacial score (nSPS) is 24.4. The summed E-state index contributed by atoms with van der Waals surface area (Å²) in [6.45, 7) is 0.664. The van der Waals surface area contributed by atoms with Gasteiger partial charge in [0.2, 0.25) is 0 Å². The third-order valence-electron chi connectivity index (χ3n) is 3.73. The zero-order valence-electron chi connectivity index (χ0n) is 10.4. The molecule has 0 aromatic rings. The van der Waals surface area contributed by atoms with Crippen LogP contribution >= 0.6 is 11.8 Å². The minimum atomic E-state index is -0.911. The third kappa shape index (κ3) is 3.31. The predicted molar refractivity (Wildman–Crippen MR) is 70.6 cm³/mol. The number of amides is 2. The van der Waals surface area contributed by atoms with Crippen LogP contribution in [0.3, 0.4) is 0 Å². The van der Waals surface area contributed by atoms with Gasteiger partial charge in [-0.2, -0.15) is 0 Å². The van der Waals surface area contributed by atoms with Crippen molar-refractivity contribution in [2.75, 3.05) is 18.2 Å². The maximum Gasteiger partial charge on any atom is 0.327 e. The molecule has 1 saturated heterocycles.